The zero-order valence-electron chi connectivity index (χ0n) is 19.1. The first-order chi connectivity index (χ1) is 14.3. The van der Waals surface area contributed by atoms with Gasteiger partial charge in [-0.1, -0.05) is 37.6 Å². The Morgan fingerprint density at radius 3 is 2.10 bits per heavy atom. The molecule has 164 valence electrons. The first-order valence-electron chi connectivity index (χ1n) is 10.5. The summed E-state index contributed by atoms with van der Waals surface area (Å²) in [6.45, 7) is 14.2. The molecule has 2 heterocycles. The van der Waals surface area contributed by atoms with Gasteiger partial charge in [0.1, 0.15) is 0 Å². The molecule has 2 aromatic carbocycles. The van der Waals surface area contributed by atoms with Gasteiger partial charge in [0.05, 0.1) is 27.8 Å². The number of aryl methyl sites for hydroxylation is 1. The monoisotopic (exact) mass is 440 g/mol. The molecule has 0 atom stereocenters. The van der Waals surface area contributed by atoms with Gasteiger partial charge in [0, 0.05) is 5.39 Å². The van der Waals surface area contributed by atoms with E-state index in [0.29, 0.717) is 5.52 Å². The largest absolute Gasteiger partial charge is 0.495 e. The second-order valence-electron chi connectivity index (χ2n) is 9.55. The summed E-state index contributed by atoms with van der Waals surface area (Å²) in [6.07, 6.45) is 1.60. The Bertz CT molecular complexity index is 1230. The van der Waals surface area contributed by atoms with E-state index < -0.39 is 28.3 Å². The van der Waals surface area contributed by atoms with Crippen molar-refractivity contribution in [2.45, 2.75) is 70.5 Å². The van der Waals surface area contributed by atoms with Gasteiger partial charge in [0.2, 0.25) is 0 Å². The third-order valence-corrected chi connectivity index (χ3v) is 8.07. The van der Waals surface area contributed by atoms with E-state index in [4.69, 9.17) is 9.31 Å². The highest BCUT2D eigenvalue weighted by Gasteiger charge is 2.52. The maximum Gasteiger partial charge on any atom is 0.495 e. The fraction of sp³-hybridized carbons (Fsp3) is 0.435. The van der Waals surface area contributed by atoms with Crippen LogP contribution >= 0.6 is 0 Å². The summed E-state index contributed by atoms with van der Waals surface area (Å²) in [7, 11) is -4.44. The number of aromatic nitrogens is 2. The molecule has 0 N–H and O–H groups in total. The maximum atomic E-state index is 13.3. The summed E-state index contributed by atoms with van der Waals surface area (Å²) in [6, 6.07) is 10.6. The van der Waals surface area contributed by atoms with Gasteiger partial charge in [-0.05, 0) is 69.8 Å². The van der Waals surface area contributed by atoms with Crippen molar-refractivity contribution in [2.24, 2.45) is 0 Å². The van der Waals surface area contributed by atoms with Gasteiger partial charge >= 0.3 is 7.12 Å². The molecule has 0 unspecified atom stereocenters. The number of rotatable bonds is 4. The van der Waals surface area contributed by atoms with Gasteiger partial charge in [-0.15, -0.1) is 0 Å². The van der Waals surface area contributed by atoms with Crippen LogP contribution in [-0.2, 0) is 19.3 Å². The molecule has 0 radical (unpaired) electrons. The minimum Gasteiger partial charge on any atom is -0.399 e. The van der Waals surface area contributed by atoms with Crippen LogP contribution < -0.4 is 5.46 Å². The van der Waals surface area contributed by atoms with Gasteiger partial charge in [-0.2, -0.15) is 17.6 Å². The standard InChI is InChI=1S/C23H29BN2O4S/c1-15(2)18-12-13-20-19(21(18)24-29-22(4,5)23(6,7)30-24)14-25-26(20)31(27,28)17-10-8-16(3)9-11-17/h8-15H,1-7H3. The van der Waals surface area contributed by atoms with Crippen LogP contribution in [0.3, 0.4) is 0 Å². The predicted molar refractivity (Wildman–Crippen MR) is 123 cm³/mol. The van der Waals surface area contributed by atoms with Gasteiger partial charge in [0.15, 0.2) is 0 Å². The summed E-state index contributed by atoms with van der Waals surface area (Å²) in [5, 5.41) is 5.01. The van der Waals surface area contributed by atoms with Crippen LogP contribution in [0.15, 0.2) is 47.5 Å². The Balaban J connectivity index is 1.91. The second kappa shape index (κ2) is 7.19. The molecule has 1 saturated heterocycles. The fourth-order valence-corrected chi connectivity index (χ4v) is 5.11. The summed E-state index contributed by atoms with van der Waals surface area (Å²) in [4.78, 5) is 0.202. The lowest BCUT2D eigenvalue weighted by Crippen LogP contribution is -2.41. The van der Waals surface area contributed by atoms with E-state index in [1.54, 1.807) is 30.5 Å². The number of hydrogen-bond donors (Lipinski definition) is 0. The lowest BCUT2D eigenvalue weighted by atomic mass is 9.72. The van der Waals surface area contributed by atoms with Gasteiger partial charge in [-0.3, -0.25) is 0 Å². The minimum absolute atomic E-state index is 0.202. The summed E-state index contributed by atoms with van der Waals surface area (Å²) in [5.74, 6) is 0.204. The number of fused-ring (bicyclic) bond motifs is 1. The Kier molecular flexibility index (Phi) is 5.11. The van der Waals surface area contributed by atoms with Crippen LogP contribution in [0.2, 0.25) is 0 Å². The molecular formula is C23H29BN2O4S. The highest BCUT2D eigenvalue weighted by molar-refractivity contribution is 7.90. The van der Waals surface area contributed by atoms with Crippen molar-refractivity contribution >= 4 is 33.5 Å². The highest BCUT2D eigenvalue weighted by Crippen LogP contribution is 2.38. The van der Waals surface area contributed by atoms with E-state index in [1.807, 2.05) is 46.8 Å². The van der Waals surface area contributed by atoms with Crippen molar-refractivity contribution in [2.75, 3.05) is 0 Å². The quantitative estimate of drug-likeness (QED) is 0.574. The van der Waals surface area contributed by atoms with E-state index in [-0.39, 0.29) is 10.8 Å². The normalized spacial score (nSPS) is 18.3. The van der Waals surface area contributed by atoms with Crippen molar-refractivity contribution in [3.05, 3.63) is 53.7 Å². The second-order valence-corrected chi connectivity index (χ2v) is 11.3. The van der Waals surface area contributed by atoms with E-state index in [0.717, 1.165) is 26.1 Å². The molecule has 3 aromatic rings. The number of hydrogen-bond acceptors (Lipinski definition) is 5. The van der Waals surface area contributed by atoms with Gasteiger partial charge < -0.3 is 9.31 Å². The molecule has 1 aliphatic rings. The number of benzene rings is 2. The van der Waals surface area contributed by atoms with E-state index in [1.165, 1.54) is 0 Å². The zero-order chi connectivity index (χ0) is 22.8. The van der Waals surface area contributed by atoms with Crippen LogP contribution in [0, 0.1) is 6.92 Å². The molecule has 4 rings (SSSR count). The molecule has 0 saturated carbocycles. The van der Waals surface area contributed by atoms with Crippen molar-refractivity contribution in [3.63, 3.8) is 0 Å². The SMILES string of the molecule is Cc1ccc(S(=O)(=O)n2ncc3c(B4OC(C)(C)C(C)(C)O4)c(C(C)C)ccc32)cc1. The van der Waals surface area contributed by atoms with Crippen LogP contribution in [-0.4, -0.2) is 35.9 Å². The summed E-state index contributed by atoms with van der Waals surface area (Å²) >= 11 is 0. The Hall–Kier alpha value is -2.16. The number of nitrogens with zero attached hydrogens (tertiary/aromatic N) is 2. The molecule has 1 aliphatic heterocycles. The lowest BCUT2D eigenvalue weighted by Gasteiger charge is -2.32. The van der Waals surface area contributed by atoms with E-state index >= 15 is 0 Å². The smallest absolute Gasteiger partial charge is 0.399 e. The van der Waals surface area contributed by atoms with Crippen molar-refractivity contribution in [1.29, 1.82) is 0 Å². The average molecular weight is 440 g/mol. The molecule has 6 nitrogen and oxygen atoms in total. The van der Waals surface area contributed by atoms with E-state index in [2.05, 4.69) is 18.9 Å². The molecule has 0 aliphatic carbocycles. The first-order valence-corrected chi connectivity index (χ1v) is 12.0. The topological polar surface area (TPSA) is 70.4 Å². The first kappa shape index (κ1) is 22.1. The molecule has 0 spiro atoms. The van der Waals surface area contributed by atoms with Crippen LogP contribution in [0.1, 0.15) is 58.6 Å². The molecule has 0 bridgehead atoms. The van der Waals surface area contributed by atoms with Crippen molar-refractivity contribution in [1.82, 2.24) is 9.19 Å². The third kappa shape index (κ3) is 3.51. The minimum atomic E-state index is -3.83. The highest BCUT2D eigenvalue weighted by atomic mass is 32.2. The Morgan fingerprint density at radius 1 is 0.968 bits per heavy atom. The third-order valence-electron chi connectivity index (χ3n) is 6.45. The Labute approximate surface area is 184 Å². The van der Waals surface area contributed by atoms with E-state index in [9.17, 15) is 8.42 Å². The molecule has 1 fully saturated rings. The summed E-state index contributed by atoms with van der Waals surface area (Å²) in [5.41, 5.74) is 2.40. The maximum absolute atomic E-state index is 13.3. The van der Waals surface area contributed by atoms with Crippen molar-refractivity contribution in [3.8, 4) is 0 Å². The lowest BCUT2D eigenvalue weighted by molar-refractivity contribution is 0.00578. The van der Waals surface area contributed by atoms with Crippen LogP contribution in [0.5, 0.6) is 0 Å². The van der Waals surface area contributed by atoms with Crippen molar-refractivity contribution < 1.29 is 17.7 Å². The average Bonchev–Trinajstić information content (AvgIpc) is 3.19. The molecule has 31 heavy (non-hydrogen) atoms. The molecule has 8 heteroatoms. The fourth-order valence-electron chi connectivity index (χ4n) is 3.85. The zero-order valence-corrected chi connectivity index (χ0v) is 19.9. The molecule has 1 aromatic heterocycles. The van der Waals surface area contributed by atoms with Crippen LogP contribution in [0.4, 0.5) is 0 Å². The van der Waals surface area contributed by atoms with Crippen LogP contribution in [0.25, 0.3) is 10.9 Å². The van der Waals surface area contributed by atoms with Gasteiger partial charge in [-0.25, -0.2) is 0 Å². The Morgan fingerprint density at radius 2 is 1.55 bits per heavy atom. The predicted octanol–water partition coefficient (Wildman–Crippen LogP) is 4.00. The molecular weight excluding hydrogens is 411 g/mol. The van der Waals surface area contributed by atoms with Gasteiger partial charge in [0.25, 0.3) is 10.0 Å². The molecule has 0 amide bonds. The summed E-state index contributed by atoms with van der Waals surface area (Å²) < 4.78 is 40.4.